The number of nitrogens with two attached hydrogens (primary N) is 1. The van der Waals surface area contributed by atoms with E-state index < -0.39 is 0 Å². The Labute approximate surface area is 127 Å². The Hall–Kier alpha value is -0.980. The second-order valence-electron chi connectivity index (χ2n) is 6.49. The Morgan fingerprint density at radius 3 is 2.57 bits per heavy atom. The molecule has 6 nitrogen and oxygen atoms in total. The number of likely N-dealkylation sites (tertiary alicyclic amines) is 2. The summed E-state index contributed by atoms with van der Waals surface area (Å²) in [5.74, 6) is 0.896. The zero-order chi connectivity index (χ0) is 14.5. The number of hydrogen-bond donors (Lipinski definition) is 1. The van der Waals surface area contributed by atoms with Crippen LogP contribution >= 0.6 is 0 Å². The minimum Gasteiger partial charge on any atom is -0.329 e. The van der Waals surface area contributed by atoms with E-state index >= 15 is 0 Å². The van der Waals surface area contributed by atoms with Crippen molar-refractivity contribution in [3.63, 3.8) is 0 Å². The van der Waals surface area contributed by atoms with Crippen molar-refractivity contribution < 1.29 is 0 Å². The summed E-state index contributed by atoms with van der Waals surface area (Å²) in [6, 6.07) is 0. The van der Waals surface area contributed by atoms with Gasteiger partial charge in [-0.2, -0.15) is 0 Å². The molecule has 2 N–H and O–H groups in total. The van der Waals surface area contributed by atoms with Crippen LogP contribution in [0.2, 0.25) is 0 Å². The first-order chi connectivity index (χ1) is 10.3. The van der Waals surface area contributed by atoms with Crippen LogP contribution in [0.1, 0.15) is 31.4 Å². The molecule has 3 rings (SSSR count). The molecule has 2 aliphatic rings. The van der Waals surface area contributed by atoms with Crippen LogP contribution in [0.25, 0.3) is 0 Å². The molecule has 0 amide bonds. The van der Waals surface area contributed by atoms with Crippen LogP contribution in [0.4, 0.5) is 0 Å². The van der Waals surface area contributed by atoms with E-state index in [2.05, 4.69) is 20.1 Å². The Bertz CT molecular complexity index is 418. The van der Waals surface area contributed by atoms with Crippen molar-refractivity contribution in [1.29, 1.82) is 0 Å². The van der Waals surface area contributed by atoms with Gasteiger partial charge in [0.25, 0.3) is 0 Å². The van der Waals surface area contributed by atoms with E-state index in [1.165, 1.54) is 58.4 Å². The predicted octanol–water partition coefficient (Wildman–Crippen LogP) is 0.545. The molecule has 0 aromatic carbocycles. The molecule has 0 saturated carbocycles. The summed E-state index contributed by atoms with van der Waals surface area (Å²) in [7, 11) is 0. The quantitative estimate of drug-likeness (QED) is 0.829. The lowest BCUT2D eigenvalue weighted by Crippen LogP contribution is -2.37. The van der Waals surface area contributed by atoms with Crippen LogP contribution in [0.15, 0.2) is 6.20 Å². The highest BCUT2D eigenvalue weighted by molar-refractivity contribution is 4.93. The van der Waals surface area contributed by atoms with E-state index in [1.54, 1.807) is 0 Å². The molecule has 118 valence electrons. The third-order valence-electron chi connectivity index (χ3n) is 4.75. The summed E-state index contributed by atoms with van der Waals surface area (Å²) in [5, 5.41) is 8.35. The van der Waals surface area contributed by atoms with Gasteiger partial charge in [-0.25, -0.2) is 0 Å². The number of aromatic nitrogens is 3. The molecule has 0 atom stereocenters. The molecule has 21 heavy (non-hydrogen) atoms. The van der Waals surface area contributed by atoms with Crippen molar-refractivity contribution >= 4 is 0 Å². The molecule has 0 unspecified atom stereocenters. The van der Waals surface area contributed by atoms with Crippen LogP contribution in [0, 0.1) is 5.92 Å². The van der Waals surface area contributed by atoms with Crippen LogP contribution in [-0.2, 0) is 13.1 Å². The maximum Gasteiger partial charge on any atom is 0.0967 e. The molecule has 2 fully saturated rings. The number of piperidine rings is 1. The van der Waals surface area contributed by atoms with E-state index in [4.69, 9.17) is 5.73 Å². The molecule has 1 aromatic rings. The summed E-state index contributed by atoms with van der Waals surface area (Å²) < 4.78 is 1.84. The van der Waals surface area contributed by atoms with Gasteiger partial charge in [-0.1, -0.05) is 5.21 Å². The van der Waals surface area contributed by atoms with Crippen molar-refractivity contribution in [2.45, 2.75) is 38.8 Å². The molecule has 0 bridgehead atoms. The second-order valence-corrected chi connectivity index (χ2v) is 6.49. The monoisotopic (exact) mass is 292 g/mol. The third-order valence-corrected chi connectivity index (χ3v) is 4.75. The number of hydrogen-bond acceptors (Lipinski definition) is 5. The molecule has 6 heteroatoms. The molecule has 0 aliphatic carbocycles. The van der Waals surface area contributed by atoms with Gasteiger partial charge >= 0.3 is 0 Å². The number of nitrogens with zero attached hydrogens (tertiary/aromatic N) is 5. The fourth-order valence-corrected chi connectivity index (χ4v) is 3.54. The summed E-state index contributed by atoms with van der Waals surface area (Å²) in [4.78, 5) is 5.16. The maximum absolute atomic E-state index is 5.53. The van der Waals surface area contributed by atoms with Crippen molar-refractivity contribution in [3.05, 3.63) is 11.9 Å². The average molecular weight is 292 g/mol. The van der Waals surface area contributed by atoms with Crippen LogP contribution in [0.5, 0.6) is 0 Å². The Kier molecular flexibility index (Phi) is 5.22. The fourth-order valence-electron chi connectivity index (χ4n) is 3.54. The van der Waals surface area contributed by atoms with Gasteiger partial charge in [0, 0.05) is 25.8 Å². The molecule has 2 saturated heterocycles. The highest BCUT2D eigenvalue weighted by atomic mass is 15.4. The highest BCUT2D eigenvalue weighted by Crippen LogP contribution is 2.21. The molecule has 0 spiro atoms. The molecule has 2 aliphatic heterocycles. The summed E-state index contributed by atoms with van der Waals surface area (Å²) in [6.45, 7) is 8.66. The van der Waals surface area contributed by atoms with Gasteiger partial charge in [-0.05, 0) is 57.8 Å². The van der Waals surface area contributed by atoms with E-state index in [0.717, 1.165) is 24.7 Å². The molecular weight excluding hydrogens is 264 g/mol. The van der Waals surface area contributed by atoms with Crippen molar-refractivity contribution in [2.75, 3.05) is 39.3 Å². The first kappa shape index (κ1) is 14.9. The van der Waals surface area contributed by atoms with E-state index in [1.807, 2.05) is 10.9 Å². The minimum atomic E-state index is 0.616. The molecule has 1 aromatic heterocycles. The third kappa shape index (κ3) is 4.25. The highest BCUT2D eigenvalue weighted by Gasteiger charge is 2.23. The zero-order valence-electron chi connectivity index (χ0n) is 13.0. The Balaban J connectivity index is 1.40. The van der Waals surface area contributed by atoms with Gasteiger partial charge in [0.05, 0.1) is 12.2 Å². The number of rotatable bonds is 6. The summed E-state index contributed by atoms with van der Waals surface area (Å²) >= 11 is 0. The van der Waals surface area contributed by atoms with Gasteiger partial charge in [-0.3, -0.25) is 9.58 Å². The smallest absolute Gasteiger partial charge is 0.0967 e. The lowest BCUT2D eigenvalue weighted by atomic mass is 9.96. The summed E-state index contributed by atoms with van der Waals surface area (Å²) in [5.41, 5.74) is 6.60. The SMILES string of the molecule is NCCn1cc(CN2CCC(CN3CCCC3)CC2)nn1. The van der Waals surface area contributed by atoms with Gasteiger partial charge in [-0.15, -0.1) is 5.10 Å². The Morgan fingerprint density at radius 2 is 1.86 bits per heavy atom. The molecule has 3 heterocycles. The second kappa shape index (κ2) is 7.33. The topological polar surface area (TPSA) is 63.2 Å². The normalized spacial score (nSPS) is 22.1. The van der Waals surface area contributed by atoms with Crippen molar-refractivity contribution in [3.8, 4) is 0 Å². The largest absolute Gasteiger partial charge is 0.329 e. The van der Waals surface area contributed by atoms with Crippen LogP contribution in [0.3, 0.4) is 0 Å². The van der Waals surface area contributed by atoms with E-state index in [9.17, 15) is 0 Å². The minimum absolute atomic E-state index is 0.616. The molecule has 0 radical (unpaired) electrons. The van der Waals surface area contributed by atoms with Gasteiger partial charge < -0.3 is 10.6 Å². The van der Waals surface area contributed by atoms with E-state index in [-0.39, 0.29) is 0 Å². The predicted molar refractivity (Wildman–Crippen MR) is 82.8 cm³/mol. The first-order valence-corrected chi connectivity index (χ1v) is 8.37. The lowest BCUT2D eigenvalue weighted by molar-refractivity contribution is 0.147. The lowest BCUT2D eigenvalue weighted by Gasteiger charge is -2.33. The average Bonchev–Trinajstić information content (AvgIpc) is 3.14. The van der Waals surface area contributed by atoms with E-state index in [0.29, 0.717) is 6.54 Å². The van der Waals surface area contributed by atoms with Crippen LogP contribution < -0.4 is 5.73 Å². The fraction of sp³-hybridized carbons (Fsp3) is 0.867. The summed E-state index contributed by atoms with van der Waals surface area (Å²) in [6.07, 6.45) is 7.48. The van der Waals surface area contributed by atoms with Gasteiger partial charge in [0.15, 0.2) is 0 Å². The molecular formula is C15H28N6. The zero-order valence-corrected chi connectivity index (χ0v) is 13.0. The standard InChI is InChI=1S/C15H28N6/c16-5-10-21-13-15(17-18-21)12-20-8-3-14(4-9-20)11-19-6-1-2-7-19/h13-14H,1-12,16H2. The van der Waals surface area contributed by atoms with Crippen LogP contribution in [-0.4, -0.2) is 64.1 Å². The Morgan fingerprint density at radius 1 is 1.10 bits per heavy atom. The van der Waals surface area contributed by atoms with Crippen molar-refractivity contribution in [2.24, 2.45) is 11.7 Å². The van der Waals surface area contributed by atoms with Gasteiger partial charge in [0.1, 0.15) is 0 Å². The maximum atomic E-state index is 5.53. The van der Waals surface area contributed by atoms with Gasteiger partial charge in [0.2, 0.25) is 0 Å². The first-order valence-electron chi connectivity index (χ1n) is 8.37. The van der Waals surface area contributed by atoms with Crippen molar-refractivity contribution in [1.82, 2.24) is 24.8 Å².